The van der Waals surface area contributed by atoms with Gasteiger partial charge in [-0.15, -0.1) is 0 Å². The van der Waals surface area contributed by atoms with Crippen molar-refractivity contribution >= 4 is 5.97 Å². The summed E-state index contributed by atoms with van der Waals surface area (Å²) in [6.07, 6.45) is 3.70. The predicted octanol–water partition coefficient (Wildman–Crippen LogP) is 2.84. The molecule has 0 aliphatic carbocycles. The highest BCUT2D eigenvalue weighted by Gasteiger charge is 2.09. The Kier molecular flexibility index (Phi) is 5.09. The lowest BCUT2D eigenvalue weighted by molar-refractivity contribution is 0.0592. The summed E-state index contributed by atoms with van der Waals surface area (Å²) in [6.45, 7) is 2.72. The molecule has 0 saturated carbocycles. The van der Waals surface area contributed by atoms with Gasteiger partial charge in [0, 0.05) is 0 Å². The number of carbonyl (C=O) groups is 1. The Labute approximate surface area is 122 Å². The standard InChI is InChI=1S/C15H16N2O4/c1-3-8-20-11-4-6-12(7-5-11)21-14-10-16-9-13(17-14)15(18)19-2/h4-7,9-10H,3,8H2,1-2H3. The molecule has 0 aliphatic rings. The van der Waals surface area contributed by atoms with Crippen LogP contribution in [0.1, 0.15) is 23.8 Å². The van der Waals surface area contributed by atoms with Crippen molar-refractivity contribution in [2.75, 3.05) is 13.7 Å². The average molecular weight is 288 g/mol. The SMILES string of the molecule is CCCOc1ccc(Oc2cncc(C(=O)OC)n2)cc1. The molecule has 0 atom stereocenters. The minimum Gasteiger partial charge on any atom is -0.494 e. The van der Waals surface area contributed by atoms with Crippen LogP contribution in [0.4, 0.5) is 0 Å². The zero-order chi connectivity index (χ0) is 15.1. The molecular weight excluding hydrogens is 272 g/mol. The fourth-order valence-corrected chi connectivity index (χ4v) is 1.54. The number of carbonyl (C=O) groups excluding carboxylic acids is 1. The number of esters is 1. The van der Waals surface area contributed by atoms with Crippen molar-refractivity contribution in [2.24, 2.45) is 0 Å². The zero-order valence-electron chi connectivity index (χ0n) is 11.9. The fraction of sp³-hybridized carbons (Fsp3) is 0.267. The zero-order valence-corrected chi connectivity index (χ0v) is 11.9. The number of benzene rings is 1. The van der Waals surface area contributed by atoms with Crippen LogP contribution < -0.4 is 9.47 Å². The van der Waals surface area contributed by atoms with E-state index in [1.54, 1.807) is 12.1 Å². The molecule has 0 bridgehead atoms. The highest BCUT2D eigenvalue weighted by molar-refractivity contribution is 5.86. The summed E-state index contributed by atoms with van der Waals surface area (Å²) in [4.78, 5) is 19.3. The van der Waals surface area contributed by atoms with Crippen LogP contribution >= 0.6 is 0 Å². The molecule has 0 fully saturated rings. The minimum absolute atomic E-state index is 0.0953. The van der Waals surface area contributed by atoms with Crippen molar-refractivity contribution in [1.29, 1.82) is 0 Å². The summed E-state index contributed by atoms with van der Waals surface area (Å²) in [6, 6.07) is 7.14. The quantitative estimate of drug-likeness (QED) is 0.761. The van der Waals surface area contributed by atoms with Crippen molar-refractivity contribution in [3.63, 3.8) is 0 Å². The van der Waals surface area contributed by atoms with Gasteiger partial charge < -0.3 is 14.2 Å². The number of hydrogen-bond acceptors (Lipinski definition) is 6. The van der Waals surface area contributed by atoms with Crippen LogP contribution in [0.25, 0.3) is 0 Å². The maximum atomic E-state index is 11.4. The van der Waals surface area contributed by atoms with E-state index in [4.69, 9.17) is 9.47 Å². The van der Waals surface area contributed by atoms with Gasteiger partial charge in [0.2, 0.25) is 5.88 Å². The van der Waals surface area contributed by atoms with Crippen molar-refractivity contribution in [1.82, 2.24) is 9.97 Å². The van der Waals surface area contributed by atoms with Gasteiger partial charge in [0.15, 0.2) is 5.69 Å². The second-order valence-corrected chi connectivity index (χ2v) is 4.16. The average Bonchev–Trinajstić information content (AvgIpc) is 2.53. The maximum absolute atomic E-state index is 11.4. The second kappa shape index (κ2) is 7.23. The third-order valence-electron chi connectivity index (χ3n) is 2.53. The van der Waals surface area contributed by atoms with Crippen LogP contribution in [-0.2, 0) is 4.74 Å². The van der Waals surface area contributed by atoms with Crippen molar-refractivity contribution < 1.29 is 19.0 Å². The Morgan fingerprint density at radius 2 is 1.86 bits per heavy atom. The van der Waals surface area contributed by atoms with Crippen LogP contribution in [0.3, 0.4) is 0 Å². The molecule has 2 aromatic rings. The van der Waals surface area contributed by atoms with Crippen LogP contribution in [-0.4, -0.2) is 29.7 Å². The van der Waals surface area contributed by atoms with E-state index in [1.165, 1.54) is 19.5 Å². The van der Waals surface area contributed by atoms with Gasteiger partial charge in [-0.05, 0) is 30.7 Å². The topological polar surface area (TPSA) is 70.5 Å². The van der Waals surface area contributed by atoms with Crippen LogP contribution in [0, 0.1) is 0 Å². The lowest BCUT2D eigenvalue weighted by atomic mass is 10.3. The molecule has 1 aromatic heterocycles. The molecule has 0 unspecified atom stereocenters. The molecule has 0 saturated heterocycles. The lowest BCUT2D eigenvalue weighted by Gasteiger charge is -2.07. The first kappa shape index (κ1) is 14.8. The molecular formula is C15H16N2O4. The molecule has 0 aliphatic heterocycles. The molecule has 1 heterocycles. The number of methoxy groups -OCH3 is 1. The molecule has 6 nitrogen and oxygen atoms in total. The van der Waals surface area contributed by atoms with E-state index in [-0.39, 0.29) is 11.6 Å². The number of ether oxygens (including phenoxy) is 3. The Morgan fingerprint density at radius 3 is 2.52 bits per heavy atom. The Bertz CT molecular complexity index is 599. The van der Waals surface area contributed by atoms with Gasteiger partial charge in [0.05, 0.1) is 26.1 Å². The van der Waals surface area contributed by atoms with Gasteiger partial charge >= 0.3 is 5.97 Å². The Balaban J connectivity index is 2.06. The van der Waals surface area contributed by atoms with Gasteiger partial charge in [-0.3, -0.25) is 4.98 Å². The summed E-state index contributed by atoms with van der Waals surface area (Å²) in [5, 5.41) is 0. The van der Waals surface area contributed by atoms with Gasteiger partial charge in [-0.25, -0.2) is 9.78 Å². The van der Waals surface area contributed by atoms with Gasteiger partial charge in [-0.2, -0.15) is 0 Å². The van der Waals surface area contributed by atoms with Gasteiger partial charge in [0.25, 0.3) is 0 Å². The molecule has 0 spiro atoms. The van der Waals surface area contributed by atoms with Crippen LogP contribution in [0.5, 0.6) is 17.4 Å². The number of rotatable bonds is 6. The summed E-state index contributed by atoms with van der Waals surface area (Å²) in [5.74, 6) is 1.02. The van der Waals surface area contributed by atoms with Crippen LogP contribution in [0.15, 0.2) is 36.7 Å². The molecule has 110 valence electrons. The van der Waals surface area contributed by atoms with Crippen molar-refractivity contribution in [3.8, 4) is 17.4 Å². The maximum Gasteiger partial charge on any atom is 0.358 e. The summed E-state index contributed by atoms with van der Waals surface area (Å²) in [5.41, 5.74) is 0.0953. The number of aromatic nitrogens is 2. The normalized spacial score (nSPS) is 10.0. The van der Waals surface area contributed by atoms with E-state index in [1.807, 2.05) is 19.1 Å². The smallest absolute Gasteiger partial charge is 0.358 e. The molecule has 2 rings (SSSR count). The number of nitrogens with zero attached hydrogens (tertiary/aromatic N) is 2. The Morgan fingerprint density at radius 1 is 1.14 bits per heavy atom. The monoisotopic (exact) mass is 288 g/mol. The van der Waals surface area contributed by atoms with Crippen molar-refractivity contribution in [2.45, 2.75) is 13.3 Å². The summed E-state index contributed by atoms with van der Waals surface area (Å²) >= 11 is 0. The first-order valence-electron chi connectivity index (χ1n) is 6.54. The van der Waals surface area contributed by atoms with E-state index in [0.717, 1.165) is 12.2 Å². The number of hydrogen-bond donors (Lipinski definition) is 0. The van der Waals surface area contributed by atoms with E-state index < -0.39 is 5.97 Å². The van der Waals surface area contributed by atoms with Crippen LogP contribution in [0.2, 0.25) is 0 Å². The summed E-state index contributed by atoms with van der Waals surface area (Å²) in [7, 11) is 1.28. The largest absolute Gasteiger partial charge is 0.494 e. The predicted molar refractivity (Wildman–Crippen MR) is 75.7 cm³/mol. The van der Waals surface area contributed by atoms with E-state index in [0.29, 0.717) is 12.4 Å². The van der Waals surface area contributed by atoms with E-state index >= 15 is 0 Å². The molecule has 1 aromatic carbocycles. The third kappa shape index (κ3) is 4.17. The highest BCUT2D eigenvalue weighted by Crippen LogP contribution is 2.22. The minimum atomic E-state index is -0.559. The molecule has 0 radical (unpaired) electrons. The first-order valence-corrected chi connectivity index (χ1v) is 6.54. The molecule has 0 N–H and O–H groups in total. The van der Waals surface area contributed by atoms with E-state index in [9.17, 15) is 4.79 Å². The third-order valence-corrected chi connectivity index (χ3v) is 2.53. The molecule has 0 amide bonds. The second-order valence-electron chi connectivity index (χ2n) is 4.16. The van der Waals surface area contributed by atoms with E-state index in [2.05, 4.69) is 14.7 Å². The molecule has 6 heteroatoms. The van der Waals surface area contributed by atoms with Gasteiger partial charge in [0.1, 0.15) is 11.5 Å². The highest BCUT2D eigenvalue weighted by atomic mass is 16.5. The Hall–Kier alpha value is -2.63. The van der Waals surface area contributed by atoms with Gasteiger partial charge in [-0.1, -0.05) is 6.92 Å². The fourth-order valence-electron chi connectivity index (χ4n) is 1.54. The van der Waals surface area contributed by atoms with Crippen molar-refractivity contribution in [3.05, 3.63) is 42.4 Å². The molecule has 21 heavy (non-hydrogen) atoms. The first-order chi connectivity index (χ1) is 10.2. The lowest BCUT2D eigenvalue weighted by Crippen LogP contribution is -2.05. The summed E-state index contributed by atoms with van der Waals surface area (Å²) < 4.78 is 15.6.